The van der Waals surface area contributed by atoms with E-state index in [-0.39, 0.29) is 13.0 Å². The van der Waals surface area contributed by atoms with Gasteiger partial charge in [-0.1, -0.05) is 6.07 Å². The molecule has 11 nitrogen and oxygen atoms in total. The highest BCUT2D eigenvalue weighted by Crippen LogP contribution is 2.28. The van der Waals surface area contributed by atoms with Gasteiger partial charge in [-0.3, -0.25) is 19.2 Å². The van der Waals surface area contributed by atoms with Gasteiger partial charge in [0.25, 0.3) is 15.8 Å². The van der Waals surface area contributed by atoms with Crippen LogP contribution in [0.3, 0.4) is 0 Å². The molecule has 160 valence electrons. The lowest BCUT2D eigenvalue weighted by atomic mass is 10.2. The number of nitrogens with zero attached hydrogens (tertiary/aromatic N) is 2. The number of carbonyl (C=O) groups excluding carboxylic acids is 2. The van der Waals surface area contributed by atoms with E-state index in [9.17, 15) is 28.1 Å². The number of methoxy groups -OCH3 is 1. The van der Waals surface area contributed by atoms with Gasteiger partial charge in [0.1, 0.15) is 16.5 Å². The van der Waals surface area contributed by atoms with Gasteiger partial charge in [0.15, 0.2) is 0 Å². The van der Waals surface area contributed by atoms with Crippen LogP contribution in [0.2, 0.25) is 0 Å². The molecule has 29 heavy (non-hydrogen) atoms. The van der Waals surface area contributed by atoms with Crippen molar-refractivity contribution < 1.29 is 36.6 Å². The molecule has 12 heteroatoms. The highest BCUT2D eigenvalue weighted by atomic mass is 32.2. The lowest BCUT2D eigenvalue weighted by Gasteiger charge is -2.27. The number of benzene rings is 1. The third-order valence-electron chi connectivity index (χ3n) is 3.94. The van der Waals surface area contributed by atoms with Crippen molar-refractivity contribution in [3.63, 3.8) is 0 Å². The van der Waals surface area contributed by atoms with Crippen LogP contribution in [0.25, 0.3) is 0 Å². The van der Waals surface area contributed by atoms with E-state index >= 15 is 0 Å². The van der Waals surface area contributed by atoms with Crippen LogP contribution in [0, 0.1) is 10.1 Å². The molecule has 0 bridgehead atoms. The van der Waals surface area contributed by atoms with Gasteiger partial charge in [0.2, 0.25) is 0 Å². The van der Waals surface area contributed by atoms with Crippen LogP contribution in [-0.4, -0.2) is 61.7 Å². The third-order valence-corrected chi connectivity index (χ3v) is 5.30. The molecule has 1 aromatic carbocycles. The summed E-state index contributed by atoms with van der Waals surface area (Å²) in [6.45, 7) is 4.71. The van der Waals surface area contributed by atoms with E-state index in [2.05, 4.69) is 4.74 Å². The highest BCUT2D eigenvalue weighted by molar-refractivity contribution is 7.86. The summed E-state index contributed by atoms with van der Waals surface area (Å²) in [7, 11) is -3.23. The van der Waals surface area contributed by atoms with Crippen LogP contribution in [0.5, 0.6) is 0 Å². The maximum absolute atomic E-state index is 12.5. The molecule has 0 aromatic heterocycles. The molecule has 0 saturated carbocycles. The van der Waals surface area contributed by atoms with E-state index in [0.29, 0.717) is 0 Å². The SMILES string of the molecule is COC(=O)[C@@H]1C[C@H](OS(=O)(=O)c2cccc([N+](=O)[O-])c2)CN1C(=O)OC(C)(C)C. The standard InChI is InChI=1S/C17H22N2O9S/c1-17(2,3)27-16(21)18-10-12(9-14(18)15(20)26-4)28-29(24,25)13-7-5-6-11(8-13)19(22)23/h5-8,12,14H,9-10H2,1-4H3/t12-,14-/m0/s1. The van der Waals surface area contributed by atoms with Crippen molar-refractivity contribution in [2.45, 2.75) is 49.8 Å². The van der Waals surface area contributed by atoms with Gasteiger partial charge in [0, 0.05) is 18.6 Å². The molecule has 0 aliphatic carbocycles. The van der Waals surface area contributed by atoms with E-state index in [4.69, 9.17) is 8.92 Å². The van der Waals surface area contributed by atoms with Crippen LogP contribution in [-0.2, 0) is 28.6 Å². The van der Waals surface area contributed by atoms with Crippen LogP contribution in [0.4, 0.5) is 10.5 Å². The number of ether oxygens (including phenoxy) is 2. The largest absolute Gasteiger partial charge is 0.467 e. The van der Waals surface area contributed by atoms with Crippen molar-refractivity contribution in [1.29, 1.82) is 0 Å². The van der Waals surface area contributed by atoms with Crippen LogP contribution >= 0.6 is 0 Å². The Morgan fingerprint density at radius 1 is 1.28 bits per heavy atom. The molecule has 1 heterocycles. The Labute approximate surface area is 167 Å². The van der Waals surface area contributed by atoms with E-state index in [1.165, 1.54) is 6.07 Å². The molecular weight excluding hydrogens is 408 g/mol. The molecule has 1 aliphatic rings. The zero-order valence-electron chi connectivity index (χ0n) is 16.4. The second kappa shape index (κ2) is 8.33. The Kier molecular flexibility index (Phi) is 6.48. The van der Waals surface area contributed by atoms with Crippen molar-refractivity contribution in [2.75, 3.05) is 13.7 Å². The van der Waals surface area contributed by atoms with Gasteiger partial charge < -0.3 is 9.47 Å². The Bertz CT molecular complexity index is 908. The molecule has 1 aliphatic heterocycles. The molecule has 1 saturated heterocycles. The summed E-state index contributed by atoms with van der Waals surface area (Å²) < 4.78 is 40.1. The Balaban J connectivity index is 2.22. The maximum atomic E-state index is 12.5. The first-order valence-corrected chi connectivity index (χ1v) is 10.00. The molecule has 0 N–H and O–H groups in total. The normalized spacial score (nSPS) is 19.7. The number of carbonyl (C=O) groups is 2. The Morgan fingerprint density at radius 3 is 2.48 bits per heavy atom. The van der Waals surface area contributed by atoms with Gasteiger partial charge in [-0.15, -0.1) is 0 Å². The second-order valence-corrected chi connectivity index (χ2v) is 8.91. The van der Waals surface area contributed by atoms with Crippen LogP contribution in [0.1, 0.15) is 27.2 Å². The fourth-order valence-corrected chi connectivity index (χ4v) is 3.86. The van der Waals surface area contributed by atoms with Gasteiger partial charge in [-0.25, -0.2) is 9.59 Å². The summed E-state index contributed by atoms with van der Waals surface area (Å²) in [5.74, 6) is -0.741. The summed E-state index contributed by atoms with van der Waals surface area (Å²) >= 11 is 0. The minimum atomic E-state index is -4.38. The van der Waals surface area contributed by atoms with Gasteiger partial charge in [-0.05, 0) is 26.8 Å². The highest BCUT2D eigenvalue weighted by Gasteiger charge is 2.44. The zero-order chi connectivity index (χ0) is 22.0. The number of hydrogen-bond donors (Lipinski definition) is 0. The number of esters is 1. The lowest BCUT2D eigenvalue weighted by Crippen LogP contribution is -2.44. The van der Waals surface area contributed by atoms with Crippen LogP contribution < -0.4 is 0 Å². The average Bonchev–Trinajstić information content (AvgIpc) is 3.03. The number of amides is 1. The number of hydrogen-bond acceptors (Lipinski definition) is 9. The van der Waals surface area contributed by atoms with Gasteiger partial charge >= 0.3 is 12.1 Å². The predicted molar refractivity (Wildman–Crippen MR) is 98.5 cm³/mol. The molecule has 2 atom stereocenters. The molecule has 2 rings (SSSR count). The summed E-state index contributed by atoms with van der Waals surface area (Å²) in [6.07, 6.45) is -2.01. The molecule has 0 unspecified atom stereocenters. The Morgan fingerprint density at radius 2 is 1.93 bits per heavy atom. The molecule has 0 spiro atoms. The number of nitro benzene ring substituents is 1. The number of nitro groups is 1. The summed E-state index contributed by atoms with van der Waals surface area (Å²) in [5, 5.41) is 10.9. The third kappa shape index (κ3) is 5.64. The van der Waals surface area contributed by atoms with Crippen molar-refractivity contribution >= 4 is 27.9 Å². The monoisotopic (exact) mass is 430 g/mol. The Hall–Kier alpha value is -2.73. The van der Waals surface area contributed by atoms with Crippen LogP contribution in [0.15, 0.2) is 29.2 Å². The topological polar surface area (TPSA) is 142 Å². The quantitative estimate of drug-likeness (QED) is 0.296. The first-order chi connectivity index (χ1) is 13.3. The molecule has 1 amide bonds. The van der Waals surface area contributed by atoms with Gasteiger partial charge in [-0.2, -0.15) is 8.42 Å². The molecular formula is C17H22N2O9S. The van der Waals surface area contributed by atoms with Crippen molar-refractivity contribution in [1.82, 2.24) is 4.90 Å². The lowest BCUT2D eigenvalue weighted by molar-refractivity contribution is -0.385. The minimum Gasteiger partial charge on any atom is -0.467 e. The first kappa shape index (κ1) is 22.6. The van der Waals surface area contributed by atoms with Gasteiger partial charge in [0.05, 0.1) is 24.7 Å². The van der Waals surface area contributed by atoms with E-state index in [1.807, 2.05) is 0 Å². The fourth-order valence-electron chi connectivity index (χ4n) is 2.74. The van der Waals surface area contributed by atoms with Crippen molar-refractivity contribution in [3.8, 4) is 0 Å². The molecule has 1 fully saturated rings. The summed E-state index contributed by atoms with van der Waals surface area (Å²) in [4.78, 5) is 35.2. The summed E-state index contributed by atoms with van der Waals surface area (Å²) in [5.41, 5.74) is -1.24. The molecule has 1 aromatic rings. The maximum Gasteiger partial charge on any atom is 0.411 e. The van der Waals surface area contributed by atoms with Crippen molar-refractivity contribution in [2.24, 2.45) is 0 Å². The number of rotatable bonds is 5. The smallest absolute Gasteiger partial charge is 0.411 e. The first-order valence-electron chi connectivity index (χ1n) is 8.59. The van der Waals surface area contributed by atoms with E-state index in [1.54, 1.807) is 20.8 Å². The van der Waals surface area contributed by atoms with E-state index < -0.39 is 55.4 Å². The van der Waals surface area contributed by atoms with E-state index in [0.717, 1.165) is 30.2 Å². The fraction of sp³-hybridized carbons (Fsp3) is 0.529. The van der Waals surface area contributed by atoms with Crippen molar-refractivity contribution in [3.05, 3.63) is 34.4 Å². The minimum absolute atomic E-state index is 0.139. The zero-order valence-corrected chi connectivity index (χ0v) is 17.2. The summed E-state index contributed by atoms with van der Waals surface area (Å²) in [6, 6.07) is 3.30. The number of non-ortho nitro benzene ring substituents is 1. The average molecular weight is 430 g/mol. The molecule has 0 radical (unpaired) electrons. The predicted octanol–water partition coefficient (Wildman–Crippen LogP) is 1.85. The second-order valence-electron chi connectivity index (χ2n) is 7.33. The number of likely N-dealkylation sites (tertiary alicyclic amines) is 1.